The van der Waals surface area contributed by atoms with Crippen molar-refractivity contribution in [3.05, 3.63) is 35.4 Å². The molecule has 2 aliphatic rings. The van der Waals surface area contributed by atoms with E-state index >= 15 is 0 Å². The molecule has 3 rings (SSSR count). The first-order valence-electron chi connectivity index (χ1n) is 6.56. The van der Waals surface area contributed by atoms with Gasteiger partial charge in [0.15, 0.2) is 0 Å². The molecule has 0 aliphatic carbocycles. The summed E-state index contributed by atoms with van der Waals surface area (Å²) >= 11 is 1.51. The van der Waals surface area contributed by atoms with E-state index in [0.29, 0.717) is 18.8 Å². The first-order chi connectivity index (χ1) is 9.58. The number of urea groups is 1. The van der Waals surface area contributed by atoms with Crippen molar-refractivity contribution >= 4 is 23.8 Å². The molecule has 2 unspecified atom stereocenters. The van der Waals surface area contributed by atoms with Gasteiger partial charge in [0.25, 0.3) is 0 Å². The minimum absolute atomic E-state index is 0.0905. The lowest BCUT2D eigenvalue weighted by atomic mass is 10.1. The van der Waals surface area contributed by atoms with Crippen LogP contribution in [0.25, 0.3) is 0 Å². The number of carbonyl (C=O) groups excluding carboxylic acids is 1. The topological polar surface area (TPSA) is 60.9 Å². The van der Waals surface area contributed by atoms with E-state index in [1.54, 1.807) is 4.90 Å². The van der Waals surface area contributed by atoms with E-state index in [2.05, 4.69) is 0 Å². The fourth-order valence-electron chi connectivity index (χ4n) is 2.76. The molecular weight excluding hydrogens is 276 g/mol. The minimum Gasteiger partial charge on any atom is -0.480 e. The van der Waals surface area contributed by atoms with Gasteiger partial charge in [-0.2, -0.15) is 0 Å². The van der Waals surface area contributed by atoms with Gasteiger partial charge in [-0.15, -0.1) is 11.8 Å². The molecule has 1 N–H and O–H groups in total. The number of hydrogen-bond acceptors (Lipinski definition) is 3. The highest BCUT2D eigenvalue weighted by molar-refractivity contribution is 8.00. The molecule has 0 spiro atoms. The van der Waals surface area contributed by atoms with Gasteiger partial charge in [0.1, 0.15) is 6.04 Å². The fraction of sp³-hybridized carbons (Fsp3) is 0.429. The van der Waals surface area contributed by atoms with E-state index in [9.17, 15) is 14.7 Å². The van der Waals surface area contributed by atoms with Crippen molar-refractivity contribution < 1.29 is 14.7 Å². The second-order valence-corrected chi connectivity index (χ2v) is 6.45. The lowest BCUT2D eigenvalue weighted by Crippen LogP contribution is -2.49. The molecule has 1 fully saturated rings. The summed E-state index contributed by atoms with van der Waals surface area (Å²) in [4.78, 5) is 27.1. The van der Waals surface area contributed by atoms with E-state index in [1.807, 2.05) is 31.2 Å². The highest BCUT2D eigenvalue weighted by Crippen LogP contribution is 2.32. The lowest BCUT2D eigenvalue weighted by Gasteiger charge is -2.29. The van der Waals surface area contributed by atoms with E-state index in [1.165, 1.54) is 16.7 Å². The van der Waals surface area contributed by atoms with Gasteiger partial charge in [-0.05, 0) is 18.1 Å². The van der Waals surface area contributed by atoms with Gasteiger partial charge in [0, 0.05) is 18.8 Å². The molecule has 1 aromatic rings. The molecule has 2 aliphatic heterocycles. The number of amides is 2. The Morgan fingerprint density at radius 1 is 1.25 bits per heavy atom. The summed E-state index contributed by atoms with van der Waals surface area (Å²) in [6, 6.07) is 7.05. The van der Waals surface area contributed by atoms with E-state index in [4.69, 9.17) is 0 Å². The Balaban J connectivity index is 1.79. The quantitative estimate of drug-likeness (QED) is 0.859. The third-order valence-corrected chi connectivity index (χ3v) is 5.06. The zero-order valence-corrected chi connectivity index (χ0v) is 12.0. The van der Waals surface area contributed by atoms with Crippen LogP contribution < -0.4 is 0 Å². The van der Waals surface area contributed by atoms with Crippen LogP contribution in [0.1, 0.15) is 18.1 Å². The Morgan fingerprint density at radius 2 is 1.85 bits per heavy atom. The van der Waals surface area contributed by atoms with Gasteiger partial charge in [0.2, 0.25) is 0 Å². The van der Waals surface area contributed by atoms with E-state index in [-0.39, 0.29) is 11.4 Å². The van der Waals surface area contributed by atoms with Crippen LogP contribution in [0.3, 0.4) is 0 Å². The molecule has 20 heavy (non-hydrogen) atoms. The molecule has 0 bridgehead atoms. The summed E-state index contributed by atoms with van der Waals surface area (Å²) in [7, 11) is 0. The van der Waals surface area contributed by atoms with Crippen molar-refractivity contribution in [3.63, 3.8) is 0 Å². The van der Waals surface area contributed by atoms with Crippen LogP contribution in [0.15, 0.2) is 24.3 Å². The number of hydrogen-bond donors (Lipinski definition) is 1. The van der Waals surface area contributed by atoms with Crippen molar-refractivity contribution in [2.45, 2.75) is 31.4 Å². The highest BCUT2D eigenvalue weighted by atomic mass is 32.2. The van der Waals surface area contributed by atoms with Crippen LogP contribution in [-0.2, 0) is 17.9 Å². The maximum atomic E-state index is 12.6. The Hall–Kier alpha value is -1.69. The van der Waals surface area contributed by atoms with Crippen molar-refractivity contribution in [2.24, 2.45) is 0 Å². The summed E-state index contributed by atoms with van der Waals surface area (Å²) < 4.78 is 0. The van der Waals surface area contributed by atoms with Crippen molar-refractivity contribution in [1.29, 1.82) is 0 Å². The summed E-state index contributed by atoms with van der Waals surface area (Å²) in [6.07, 6.45) is 0. The van der Waals surface area contributed by atoms with Crippen molar-refractivity contribution in [1.82, 2.24) is 9.80 Å². The molecule has 0 radical (unpaired) electrons. The Bertz CT molecular complexity index is 538. The zero-order chi connectivity index (χ0) is 14.3. The molecule has 1 aromatic carbocycles. The zero-order valence-electron chi connectivity index (χ0n) is 11.2. The molecule has 2 amide bonds. The summed E-state index contributed by atoms with van der Waals surface area (Å²) in [6.45, 7) is 3.01. The maximum Gasteiger partial charge on any atom is 0.327 e. The van der Waals surface area contributed by atoms with Gasteiger partial charge >= 0.3 is 12.0 Å². The van der Waals surface area contributed by atoms with Crippen LogP contribution in [0, 0.1) is 0 Å². The number of carbonyl (C=O) groups is 2. The second-order valence-electron chi connectivity index (χ2n) is 5.10. The summed E-state index contributed by atoms with van der Waals surface area (Å²) in [5.41, 5.74) is 2.29. The predicted octanol–water partition coefficient (Wildman–Crippen LogP) is 1.97. The van der Waals surface area contributed by atoms with Gasteiger partial charge in [-0.1, -0.05) is 24.3 Å². The molecule has 6 heteroatoms. The average Bonchev–Trinajstić information content (AvgIpc) is 3.01. The summed E-state index contributed by atoms with van der Waals surface area (Å²) in [5.74, 6) is -0.463. The number of carboxylic acid groups (broad SMARTS) is 1. The summed E-state index contributed by atoms with van der Waals surface area (Å²) in [5, 5.41) is 9.15. The van der Waals surface area contributed by atoms with Crippen molar-refractivity contribution in [2.75, 3.05) is 5.75 Å². The smallest absolute Gasteiger partial charge is 0.327 e. The number of rotatable bonds is 1. The fourth-order valence-corrected chi connectivity index (χ4v) is 3.92. The number of fused-ring (bicyclic) bond motifs is 1. The molecule has 2 heterocycles. The SMILES string of the molecule is CC1SCC(C(=O)O)N1C(=O)N1Cc2ccccc2C1. The number of nitrogens with zero attached hydrogens (tertiary/aromatic N) is 2. The number of aliphatic carboxylic acids is 1. The van der Waals surface area contributed by atoms with Crippen LogP contribution in [0.4, 0.5) is 4.79 Å². The Kier molecular flexibility index (Phi) is 3.33. The molecule has 106 valence electrons. The van der Waals surface area contributed by atoms with Crippen molar-refractivity contribution in [3.8, 4) is 0 Å². The average molecular weight is 292 g/mol. The first kappa shape index (κ1) is 13.3. The lowest BCUT2D eigenvalue weighted by molar-refractivity contribution is -0.141. The molecule has 2 atom stereocenters. The monoisotopic (exact) mass is 292 g/mol. The number of carboxylic acids is 1. The van der Waals surface area contributed by atoms with Crippen LogP contribution in [0.2, 0.25) is 0 Å². The van der Waals surface area contributed by atoms with Gasteiger partial charge in [-0.25, -0.2) is 9.59 Å². The molecule has 5 nitrogen and oxygen atoms in total. The Labute approximate surface area is 121 Å². The van der Waals surface area contributed by atoms with Crippen LogP contribution >= 0.6 is 11.8 Å². The van der Waals surface area contributed by atoms with Gasteiger partial charge in [-0.3, -0.25) is 4.90 Å². The van der Waals surface area contributed by atoms with E-state index < -0.39 is 12.0 Å². The molecular formula is C14H16N2O3S. The minimum atomic E-state index is -0.924. The Morgan fingerprint density at radius 3 is 2.40 bits per heavy atom. The third-order valence-electron chi connectivity index (χ3n) is 3.84. The molecule has 1 saturated heterocycles. The van der Waals surface area contributed by atoms with Crippen LogP contribution in [-0.4, -0.2) is 44.1 Å². The highest BCUT2D eigenvalue weighted by Gasteiger charge is 2.42. The third kappa shape index (κ3) is 2.14. The number of benzene rings is 1. The normalized spacial score (nSPS) is 24.9. The second kappa shape index (κ2) is 5.01. The van der Waals surface area contributed by atoms with Gasteiger partial charge < -0.3 is 10.0 Å². The standard InChI is InChI=1S/C14H16N2O3S/c1-9-16(12(8-20-9)13(17)18)14(19)15-6-10-4-2-3-5-11(10)7-15/h2-5,9,12H,6-8H2,1H3,(H,17,18). The molecule has 0 aromatic heterocycles. The first-order valence-corrected chi connectivity index (χ1v) is 7.61. The maximum absolute atomic E-state index is 12.6. The van der Waals surface area contributed by atoms with Gasteiger partial charge in [0.05, 0.1) is 5.37 Å². The number of thioether (sulfide) groups is 1. The molecule has 0 saturated carbocycles. The largest absolute Gasteiger partial charge is 0.480 e. The predicted molar refractivity (Wildman–Crippen MR) is 76.3 cm³/mol. The van der Waals surface area contributed by atoms with Crippen LogP contribution in [0.5, 0.6) is 0 Å². The van der Waals surface area contributed by atoms with E-state index in [0.717, 1.165) is 11.1 Å².